The summed E-state index contributed by atoms with van der Waals surface area (Å²) in [6.07, 6.45) is 5.22. The molecule has 1 heterocycles. The van der Waals surface area contributed by atoms with Crippen molar-refractivity contribution in [2.24, 2.45) is 0 Å². The Labute approximate surface area is 174 Å². The zero-order chi connectivity index (χ0) is 19.3. The molecule has 0 saturated carbocycles. The lowest BCUT2D eigenvalue weighted by Crippen LogP contribution is -2.10. The second-order valence-electron chi connectivity index (χ2n) is 6.40. The molecule has 0 N–H and O–H groups in total. The molecule has 0 spiro atoms. The Morgan fingerprint density at radius 1 is 0.857 bits per heavy atom. The molecule has 0 aliphatic rings. The molecule has 4 aromatic rings. The van der Waals surface area contributed by atoms with E-state index in [1.165, 1.54) is 0 Å². The fourth-order valence-electron chi connectivity index (χ4n) is 3.11. The smallest absolute Gasteiger partial charge is 0.110 e. The zero-order valence-corrected chi connectivity index (χ0v) is 16.5. The van der Waals surface area contributed by atoms with Gasteiger partial charge >= 0.3 is 0 Å². The highest BCUT2D eigenvalue weighted by Gasteiger charge is 2.19. The molecule has 3 aromatic carbocycles. The minimum Gasteiger partial charge on any atom is -0.364 e. The molecule has 0 amide bonds. The van der Waals surface area contributed by atoms with Crippen LogP contribution in [0.4, 0.5) is 0 Å². The molecule has 0 aliphatic heterocycles. The van der Waals surface area contributed by atoms with Crippen molar-refractivity contribution < 1.29 is 4.74 Å². The van der Waals surface area contributed by atoms with Crippen LogP contribution in [0, 0.1) is 0 Å². The fraction of sp³-hybridized carbons (Fsp3) is 0.0870. The zero-order valence-electron chi connectivity index (χ0n) is 15.0. The van der Waals surface area contributed by atoms with Crippen LogP contribution in [0.15, 0.2) is 91.5 Å². The summed E-state index contributed by atoms with van der Waals surface area (Å²) in [5, 5.41) is 1.41. The summed E-state index contributed by atoms with van der Waals surface area (Å²) in [5.74, 6) is 0. The van der Waals surface area contributed by atoms with E-state index in [0.717, 1.165) is 22.4 Å². The van der Waals surface area contributed by atoms with Crippen LogP contribution < -0.4 is 0 Å². The summed E-state index contributed by atoms with van der Waals surface area (Å²) < 4.78 is 8.39. The largest absolute Gasteiger partial charge is 0.364 e. The van der Waals surface area contributed by atoms with Crippen molar-refractivity contribution in [2.75, 3.05) is 0 Å². The summed E-state index contributed by atoms with van der Waals surface area (Å²) in [5.41, 5.74) is 4.17. The van der Waals surface area contributed by atoms with Crippen molar-refractivity contribution in [3.05, 3.63) is 118 Å². The van der Waals surface area contributed by atoms with E-state index in [2.05, 4.69) is 17.1 Å². The lowest BCUT2D eigenvalue weighted by atomic mass is 9.99. The maximum atomic E-state index is 6.40. The predicted molar refractivity (Wildman–Crippen MR) is 113 cm³/mol. The standard InChI is InChI=1S/C23H18Cl2N2O/c24-19-9-5-17(6-10-19)15-28-23(18-7-11-20(25)12-8-18)21-3-1-2-4-22(21)27-14-13-26-16-27/h1-14,16,23H,15H2. The molecule has 1 aromatic heterocycles. The average Bonchev–Trinajstić information content (AvgIpc) is 3.26. The second kappa shape index (κ2) is 8.61. The fourth-order valence-corrected chi connectivity index (χ4v) is 3.36. The van der Waals surface area contributed by atoms with Crippen molar-refractivity contribution in [3.63, 3.8) is 0 Å². The second-order valence-corrected chi connectivity index (χ2v) is 7.27. The van der Waals surface area contributed by atoms with Gasteiger partial charge in [0.25, 0.3) is 0 Å². The Balaban J connectivity index is 1.71. The van der Waals surface area contributed by atoms with Crippen LogP contribution >= 0.6 is 23.2 Å². The molecule has 28 heavy (non-hydrogen) atoms. The van der Waals surface area contributed by atoms with Crippen LogP contribution in [-0.4, -0.2) is 9.55 Å². The average molecular weight is 409 g/mol. The first-order chi connectivity index (χ1) is 13.7. The third-order valence-corrected chi connectivity index (χ3v) is 5.01. The minimum atomic E-state index is -0.258. The molecule has 1 unspecified atom stereocenters. The number of ether oxygens (including phenoxy) is 1. The van der Waals surface area contributed by atoms with Crippen LogP contribution in [0.2, 0.25) is 10.0 Å². The van der Waals surface area contributed by atoms with E-state index in [9.17, 15) is 0 Å². The summed E-state index contributed by atoms with van der Waals surface area (Å²) in [6.45, 7) is 0.461. The molecule has 0 radical (unpaired) electrons. The van der Waals surface area contributed by atoms with Gasteiger partial charge in [-0.2, -0.15) is 0 Å². The van der Waals surface area contributed by atoms with Gasteiger partial charge in [-0.3, -0.25) is 0 Å². The van der Waals surface area contributed by atoms with E-state index in [1.54, 1.807) is 12.5 Å². The number of nitrogens with zero attached hydrogens (tertiary/aromatic N) is 2. The van der Waals surface area contributed by atoms with Gasteiger partial charge in [-0.15, -0.1) is 0 Å². The first-order valence-corrected chi connectivity index (χ1v) is 9.65. The van der Waals surface area contributed by atoms with E-state index < -0.39 is 0 Å². The highest BCUT2D eigenvalue weighted by Crippen LogP contribution is 2.32. The van der Waals surface area contributed by atoms with Crippen molar-refractivity contribution >= 4 is 23.2 Å². The van der Waals surface area contributed by atoms with Crippen molar-refractivity contribution in [1.29, 1.82) is 0 Å². The van der Waals surface area contributed by atoms with E-state index in [4.69, 9.17) is 27.9 Å². The van der Waals surface area contributed by atoms with E-state index >= 15 is 0 Å². The number of imidazole rings is 1. The van der Waals surface area contributed by atoms with Gasteiger partial charge in [-0.25, -0.2) is 4.98 Å². The van der Waals surface area contributed by atoms with Gasteiger partial charge in [0, 0.05) is 28.0 Å². The molecule has 0 bridgehead atoms. The highest BCUT2D eigenvalue weighted by molar-refractivity contribution is 6.30. The SMILES string of the molecule is Clc1ccc(COC(c2ccc(Cl)cc2)c2ccccc2-n2ccnc2)cc1. The first kappa shape index (κ1) is 18.8. The Morgan fingerprint density at radius 3 is 2.21 bits per heavy atom. The van der Waals surface area contributed by atoms with Crippen molar-refractivity contribution in [2.45, 2.75) is 12.7 Å². The van der Waals surface area contributed by atoms with Crippen LogP contribution in [0.25, 0.3) is 5.69 Å². The Bertz CT molecular complexity index is 1030. The Kier molecular flexibility index (Phi) is 5.77. The first-order valence-electron chi connectivity index (χ1n) is 8.89. The summed E-state index contributed by atoms with van der Waals surface area (Å²) in [4.78, 5) is 4.18. The molecule has 0 aliphatic carbocycles. The molecule has 1 atom stereocenters. The summed E-state index contributed by atoms with van der Waals surface area (Å²) in [6, 6.07) is 23.6. The number of para-hydroxylation sites is 1. The topological polar surface area (TPSA) is 27.1 Å². The molecule has 3 nitrogen and oxygen atoms in total. The molecular formula is C23H18Cl2N2O. The third kappa shape index (κ3) is 4.28. The maximum Gasteiger partial charge on any atom is 0.110 e. The number of hydrogen-bond acceptors (Lipinski definition) is 2. The predicted octanol–water partition coefficient (Wildman–Crippen LogP) is 6.49. The van der Waals surface area contributed by atoms with Gasteiger partial charge in [0.1, 0.15) is 6.10 Å². The molecular weight excluding hydrogens is 391 g/mol. The molecule has 0 fully saturated rings. The molecule has 140 valence electrons. The quantitative estimate of drug-likeness (QED) is 0.364. The normalized spacial score (nSPS) is 12.1. The Hall–Kier alpha value is -2.59. The number of hydrogen-bond donors (Lipinski definition) is 0. The van der Waals surface area contributed by atoms with Crippen LogP contribution in [-0.2, 0) is 11.3 Å². The van der Waals surface area contributed by atoms with Crippen molar-refractivity contribution in [3.8, 4) is 5.69 Å². The van der Waals surface area contributed by atoms with Gasteiger partial charge < -0.3 is 9.30 Å². The van der Waals surface area contributed by atoms with Gasteiger partial charge in [-0.05, 0) is 41.5 Å². The van der Waals surface area contributed by atoms with Gasteiger partial charge in [0.05, 0.1) is 18.6 Å². The monoisotopic (exact) mass is 408 g/mol. The van der Waals surface area contributed by atoms with Gasteiger partial charge in [0.2, 0.25) is 0 Å². The van der Waals surface area contributed by atoms with Gasteiger partial charge in [-0.1, -0.05) is 65.7 Å². The van der Waals surface area contributed by atoms with E-state index in [1.807, 2.05) is 71.4 Å². The number of rotatable bonds is 6. The molecule has 0 saturated heterocycles. The van der Waals surface area contributed by atoms with Gasteiger partial charge in [0.15, 0.2) is 0 Å². The third-order valence-electron chi connectivity index (χ3n) is 4.50. The number of aromatic nitrogens is 2. The molecule has 5 heteroatoms. The number of halogens is 2. The van der Waals surface area contributed by atoms with Crippen LogP contribution in [0.1, 0.15) is 22.8 Å². The summed E-state index contributed by atoms with van der Waals surface area (Å²) in [7, 11) is 0. The highest BCUT2D eigenvalue weighted by atomic mass is 35.5. The minimum absolute atomic E-state index is 0.258. The van der Waals surface area contributed by atoms with Crippen molar-refractivity contribution in [1.82, 2.24) is 9.55 Å². The van der Waals surface area contributed by atoms with E-state index in [0.29, 0.717) is 16.7 Å². The Morgan fingerprint density at radius 2 is 1.54 bits per heavy atom. The number of benzene rings is 3. The lowest BCUT2D eigenvalue weighted by molar-refractivity contribution is 0.0667. The van der Waals surface area contributed by atoms with Crippen LogP contribution in [0.3, 0.4) is 0 Å². The maximum absolute atomic E-state index is 6.40. The lowest BCUT2D eigenvalue weighted by Gasteiger charge is -2.22. The molecule has 4 rings (SSSR count). The van der Waals surface area contributed by atoms with Crippen LogP contribution in [0.5, 0.6) is 0 Å². The van der Waals surface area contributed by atoms with E-state index in [-0.39, 0.29) is 6.10 Å². The summed E-state index contributed by atoms with van der Waals surface area (Å²) >= 11 is 12.1.